The Morgan fingerprint density at radius 3 is 3.00 bits per heavy atom. The standard InChI is InChI=1S/C11H12N2O2S/c1-15-11(14)7(12)6-10-13-8-4-2-3-5-9(8)16-10/h2-5,7H,6,12H2,1H3. The van der Waals surface area contributed by atoms with Gasteiger partial charge in [-0.25, -0.2) is 4.98 Å². The van der Waals surface area contributed by atoms with Crippen LogP contribution in [0.2, 0.25) is 0 Å². The summed E-state index contributed by atoms with van der Waals surface area (Å²) >= 11 is 1.55. The Morgan fingerprint density at radius 2 is 2.31 bits per heavy atom. The van der Waals surface area contributed by atoms with E-state index in [1.54, 1.807) is 11.3 Å². The van der Waals surface area contributed by atoms with Crippen LogP contribution >= 0.6 is 11.3 Å². The minimum Gasteiger partial charge on any atom is -0.468 e. The monoisotopic (exact) mass is 236 g/mol. The van der Waals surface area contributed by atoms with Gasteiger partial charge in [0, 0.05) is 6.42 Å². The molecule has 1 atom stereocenters. The Labute approximate surface area is 97.0 Å². The van der Waals surface area contributed by atoms with Gasteiger partial charge in [0.15, 0.2) is 0 Å². The number of aromatic nitrogens is 1. The number of methoxy groups -OCH3 is 1. The van der Waals surface area contributed by atoms with E-state index in [4.69, 9.17) is 5.73 Å². The van der Waals surface area contributed by atoms with Crippen molar-refractivity contribution in [2.45, 2.75) is 12.5 Å². The lowest BCUT2D eigenvalue weighted by atomic mass is 10.2. The van der Waals surface area contributed by atoms with Crippen LogP contribution in [-0.4, -0.2) is 24.1 Å². The smallest absolute Gasteiger partial charge is 0.323 e. The van der Waals surface area contributed by atoms with Gasteiger partial charge in [0.2, 0.25) is 0 Å². The molecule has 0 radical (unpaired) electrons. The van der Waals surface area contributed by atoms with Crippen molar-refractivity contribution in [1.29, 1.82) is 0 Å². The molecule has 1 unspecified atom stereocenters. The summed E-state index contributed by atoms with van der Waals surface area (Å²) in [5.41, 5.74) is 6.62. The molecule has 0 aliphatic heterocycles. The Hall–Kier alpha value is -1.46. The van der Waals surface area contributed by atoms with Crippen molar-refractivity contribution in [1.82, 2.24) is 4.98 Å². The van der Waals surface area contributed by atoms with Crippen LogP contribution in [0.15, 0.2) is 24.3 Å². The van der Waals surface area contributed by atoms with E-state index in [1.807, 2.05) is 24.3 Å². The van der Waals surface area contributed by atoms with E-state index in [2.05, 4.69) is 9.72 Å². The van der Waals surface area contributed by atoms with Crippen molar-refractivity contribution >= 4 is 27.5 Å². The molecule has 0 aliphatic carbocycles. The van der Waals surface area contributed by atoms with Crippen LogP contribution in [0.1, 0.15) is 5.01 Å². The molecule has 5 heteroatoms. The quantitative estimate of drug-likeness (QED) is 0.817. The lowest BCUT2D eigenvalue weighted by Crippen LogP contribution is -2.33. The van der Waals surface area contributed by atoms with Crippen LogP contribution < -0.4 is 5.73 Å². The molecule has 2 aromatic rings. The second-order valence-corrected chi connectivity index (χ2v) is 4.52. The zero-order valence-electron chi connectivity index (χ0n) is 8.84. The van der Waals surface area contributed by atoms with Crippen LogP contribution in [0.3, 0.4) is 0 Å². The molecule has 0 aliphatic rings. The molecule has 84 valence electrons. The molecular formula is C11H12N2O2S. The first kappa shape index (κ1) is 11.0. The van der Waals surface area contributed by atoms with Crippen LogP contribution in [-0.2, 0) is 16.0 Å². The first-order chi connectivity index (χ1) is 7.70. The molecule has 0 fully saturated rings. The van der Waals surface area contributed by atoms with E-state index in [9.17, 15) is 4.79 Å². The van der Waals surface area contributed by atoms with Crippen molar-refractivity contribution in [3.05, 3.63) is 29.3 Å². The zero-order chi connectivity index (χ0) is 11.5. The number of thiazole rings is 1. The number of fused-ring (bicyclic) bond motifs is 1. The number of ether oxygens (including phenoxy) is 1. The number of hydrogen-bond donors (Lipinski definition) is 1. The molecule has 0 spiro atoms. The molecule has 1 aromatic heterocycles. The van der Waals surface area contributed by atoms with Gasteiger partial charge in [-0.05, 0) is 12.1 Å². The fourth-order valence-electron chi connectivity index (χ4n) is 1.43. The van der Waals surface area contributed by atoms with E-state index in [0.717, 1.165) is 15.2 Å². The third kappa shape index (κ3) is 2.20. The largest absolute Gasteiger partial charge is 0.468 e. The van der Waals surface area contributed by atoms with Crippen molar-refractivity contribution in [2.24, 2.45) is 5.73 Å². The SMILES string of the molecule is COC(=O)C(N)Cc1nc2ccccc2s1. The summed E-state index contributed by atoms with van der Waals surface area (Å²) in [6.45, 7) is 0. The maximum Gasteiger partial charge on any atom is 0.323 e. The highest BCUT2D eigenvalue weighted by molar-refractivity contribution is 7.18. The molecule has 1 heterocycles. The predicted octanol–water partition coefficient (Wildman–Crippen LogP) is 1.34. The van der Waals surface area contributed by atoms with Crippen molar-refractivity contribution < 1.29 is 9.53 Å². The number of carbonyl (C=O) groups excluding carboxylic acids is 1. The van der Waals surface area contributed by atoms with E-state index in [-0.39, 0.29) is 0 Å². The van der Waals surface area contributed by atoms with E-state index in [0.29, 0.717) is 6.42 Å². The molecule has 0 saturated carbocycles. The van der Waals surface area contributed by atoms with Crippen LogP contribution in [0.4, 0.5) is 0 Å². The molecule has 4 nitrogen and oxygen atoms in total. The van der Waals surface area contributed by atoms with Gasteiger partial charge < -0.3 is 10.5 Å². The summed E-state index contributed by atoms with van der Waals surface area (Å²) < 4.78 is 5.68. The fraction of sp³-hybridized carbons (Fsp3) is 0.273. The summed E-state index contributed by atoms with van der Waals surface area (Å²) in [5.74, 6) is -0.403. The van der Waals surface area contributed by atoms with Crippen molar-refractivity contribution in [3.8, 4) is 0 Å². The average molecular weight is 236 g/mol. The van der Waals surface area contributed by atoms with Crippen LogP contribution in [0, 0.1) is 0 Å². The Balaban J connectivity index is 2.18. The summed E-state index contributed by atoms with van der Waals surface area (Å²) in [6, 6.07) is 7.21. The third-order valence-electron chi connectivity index (χ3n) is 2.24. The van der Waals surface area contributed by atoms with Gasteiger partial charge >= 0.3 is 5.97 Å². The number of benzene rings is 1. The predicted molar refractivity (Wildman–Crippen MR) is 63.3 cm³/mol. The molecule has 0 saturated heterocycles. The molecule has 1 aromatic carbocycles. The topological polar surface area (TPSA) is 65.2 Å². The van der Waals surface area contributed by atoms with Gasteiger partial charge in [-0.3, -0.25) is 4.79 Å². The number of nitrogens with zero attached hydrogens (tertiary/aromatic N) is 1. The second-order valence-electron chi connectivity index (χ2n) is 3.41. The highest BCUT2D eigenvalue weighted by atomic mass is 32.1. The molecule has 2 rings (SSSR count). The maximum atomic E-state index is 11.2. The van der Waals surface area contributed by atoms with Gasteiger partial charge in [-0.1, -0.05) is 12.1 Å². The van der Waals surface area contributed by atoms with Gasteiger partial charge in [-0.2, -0.15) is 0 Å². The Bertz CT molecular complexity index is 476. The molecule has 2 N–H and O–H groups in total. The number of para-hydroxylation sites is 1. The van der Waals surface area contributed by atoms with Crippen molar-refractivity contribution in [3.63, 3.8) is 0 Å². The van der Waals surface area contributed by atoms with Gasteiger partial charge in [0.1, 0.15) is 6.04 Å². The van der Waals surface area contributed by atoms with E-state index < -0.39 is 12.0 Å². The minimum absolute atomic E-state index is 0.403. The normalized spacial score (nSPS) is 12.6. The lowest BCUT2D eigenvalue weighted by Gasteiger charge is -2.05. The number of rotatable bonds is 3. The highest BCUT2D eigenvalue weighted by Crippen LogP contribution is 2.22. The molecule has 16 heavy (non-hydrogen) atoms. The van der Waals surface area contributed by atoms with Gasteiger partial charge in [-0.15, -0.1) is 11.3 Å². The molecule has 0 bridgehead atoms. The van der Waals surface area contributed by atoms with Crippen LogP contribution in [0.25, 0.3) is 10.2 Å². The molecular weight excluding hydrogens is 224 g/mol. The number of carbonyl (C=O) groups is 1. The minimum atomic E-state index is -0.634. The summed E-state index contributed by atoms with van der Waals surface area (Å²) in [7, 11) is 1.33. The van der Waals surface area contributed by atoms with Crippen molar-refractivity contribution in [2.75, 3.05) is 7.11 Å². The zero-order valence-corrected chi connectivity index (χ0v) is 9.66. The summed E-state index contributed by atoms with van der Waals surface area (Å²) in [4.78, 5) is 15.6. The number of nitrogens with two attached hydrogens (primary N) is 1. The highest BCUT2D eigenvalue weighted by Gasteiger charge is 2.16. The Morgan fingerprint density at radius 1 is 1.56 bits per heavy atom. The second kappa shape index (κ2) is 4.59. The third-order valence-corrected chi connectivity index (χ3v) is 3.30. The van der Waals surface area contributed by atoms with E-state index in [1.165, 1.54) is 7.11 Å². The fourth-order valence-corrected chi connectivity index (χ4v) is 2.46. The maximum absolute atomic E-state index is 11.2. The summed E-state index contributed by atoms with van der Waals surface area (Å²) in [5, 5.41) is 0.860. The van der Waals surface area contributed by atoms with E-state index >= 15 is 0 Å². The number of esters is 1. The van der Waals surface area contributed by atoms with Gasteiger partial charge in [0.05, 0.1) is 22.3 Å². The first-order valence-electron chi connectivity index (χ1n) is 4.88. The number of hydrogen-bond acceptors (Lipinski definition) is 5. The lowest BCUT2D eigenvalue weighted by molar-refractivity contribution is -0.142. The average Bonchev–Trinajstić information content (AvgIpc) is 2.69. The van der Waals surface area contributed by atoms with Crippen LogP contribution in [0.5, 0.6) is 0 Å². The Kier molecular flexibility index (Phi) is 3.17. The van der Waals surface area contributed by atoms with Gasteiger partial charge in [0.25, 0.3) is 0 Å². The summed E-state index contributed by atoms with van der Waals surface area (Å²) in [6.07, 6.45) is 0.423. The molecule has 0 amide bonds. The first-order valence-corrected chi connectivity index (χ1v) is 5.70.